The molecule has 1 unspecified atom stereocenters. The summed E-state index contributed by atoms with van der Waals surface area (Å²) in [5, 5.41) is 0. The molecule has 21 heavy (non-hydrogen) atoms. The first kappa shape index (κ1) is 16.7. The average molecular weight is 308 g/mol. The van der Waals surface area contributed by atoms with Crippen molar-refractivity contribution < 1.29 is 4.74 Å². The van der Waals surface area contributed by atoms with E-state index >= 15 is 0 Å². The molecule has 1 heterocycles. The highest BCUT2D eigenvalue weighted by atomic mass is 32.2. The van der Waals surface area contributed by atoms with Crippen molar-refractivity contribution >= 4 is 11.8 Å². The molecule has 1 fully saturated rings. The lowest BCUT2D eigenvalue weighted by Gasteiger charge is -2.49. The van der Waals surface area contributed by atoms with Gasteiger partial charge < -0.3 is 10.5 Å². The number of likely N-dealkylation sites (N-methyl/N-ethyl adjacent to an activating group) is 1. The first-order valence-corrected chi connectivity index (χ1v) is 8.69. The molecule has 0 bridgehead atoms. The monoisotopic (exact) mass is 308 g/mol. The van der Waals surface area contributed by atoms with Crippen molar-refractivity contribution in [1.29, 1.82) is 0 Å². The van der Waals surface area contributed by atoms with Crippen molar-refractivity contribution in [1.82, 2.24) is 4.90 Å². The highest BCUT2D eigenvalue weighted by molar-refractivity contribution is 7.99. The molecule has 1 aliphatic heterocycles. The lowest BCUT2D eigenvalue weighted by Crippen LogP contribution is -2.58. The molecule has 2 rings (SSSR count). The summed E-state index contributed by atoms with van der Waals surface area (Å²) >= 11 is 2.03. The highest BCUT2D eigenvalue weighted by Crippen LogP contribution is 2.42. The fourth-order valence-electron chi connectivity index (χ4n) is 3.30. The van der Waals surface area contributed by atoms with E-state index in [1.807, 2.05) is 23.9 Å². The summed E-state index contributed by atoms with van der Waals surface area (Å²) in [6.45, 7) is 6.27. The first-order valence-electron chi connectivity index (χ1n) is 7.53. The smallest absolute Gasteiger partial charge is 0.123 e. The molecular weight excluding hydrogens is 280 g/mol. The van der Waals surface area contributed by atoms with E-state index < -0.39 is 0 Å². The second-order valence-corrected chi connectivity index (χ2v) is 7.92. The zero-order valence-corrected chi connectivity index (χ0v) is 14.5. The number of nitrogens with zero attached hydrogens (tertiary/aromatic N) is 1. The van der Waals surface area contributed by atoms with Crippen molar-refractivity contribution in [2.75, 3.05) is 32.2 Å². The maximum atomic E-state index is 6.20. The van der Waals surface area contributed by atoms with Crippen molar-refractivity contribution in [3.05, 3.63) is 29.8 Å². The van der Waals surface area contributed by atoms with Gasteiger partial charge in [-0.05, 0) is 30.7 Å². The summed E-state index contributed by atoms with van der Waals surface area (Å²) in [7, 11) is 3.93. The molecule has 0 spiro atoms. The summed E-state index contributed by atoms with van der Waals surface area (Å²) in [5.41, 5.74) is 7.85. The largest absolute Gasteiger partial charge is 0.496 e. The number of hydrogen-bond acceptors (Lipinski definition) is 4. The van der Waals surface area contributed by atoms with Crippen LogP contribution in [0.15, 0.2) is 24.3 Å². The van der Waals surface area contributed by atoms with Gasteiger partial charge in [-0.3, -0.25) is 4.90 Å². The molecule has 1 aliphatic rings. The molecule has 0 aromatic heterocycles. The molecule has 118 valence electrons. The highest BCUT2D eigenvalue weighted by Gasteiger charge is 2.42. The standard InChI is InChI=1S/C17H28N2OS/c1-16(2)10-17(11-18,13-21-12-16)19(3)9-14-7-5-6-8-15(14)20-4/h5-8H,9-13,18H2,1-4H3. The number of thioether (sulfide) groups is 1. The van der Waals surface area contributed by atoms with E-state index in [2.05, 4.69) is 37.9 Å². The summed E-state index contributed by atoms with van der Waals surface area (Å²) < 4.78 is 5.48. The Hall–Kier alpha value is -0.710. The number of para-hydroxylation sites is 1. The Balaban J connectivity index is 2.18. The Labute approximate surface area is 133 Å². The first-order chi connectivity index (χ1) is 9.92. The van der Waals surface area contributed by atoms with Crippen molar-refractivity contribution in [2.45, 2.75) is 32.4 Å². The van der Waals surface area contributed by atoms with Gasteiger partial charge in [-0.25, -0.2) is 0 Å². The SMILES string of the molecule is COc1ccccc1CN(C)C1(CN)CSCC(C)(C)C1. The van der Waals surface area contributed by atoms with Gasteiger partial charge in [0.1, 0.15) is 5.75 Å². The van der Waals surface area contributed by atoms with Crippen LogP contribution in [0.4, 0.5) is 0 Å². The summed E-state index contributed by atoms with van der Waals surface area (Å²) in [6.07, 6.45) is 1.15. The second kappa shape index (κ2) is 6.59. The molecule has 0 amide bonds. The number of ether oxygens (including phenoxy) is 1. The van der Waals surface area contributed by atoms with Crippen LogP contribution in [0.3, 0.4) is 0 Å². The zero-order valence-electron chi connectivity index (χ0n) is 13.7. The predicted molar refractivity (Wildman–Crippen MR) is 92.0 cm³/mol. The third kappa shape index (κ3) is 3.74. The van der Waals surface area contributed by atoms with Crippen LogP contribution in [0.1, 0.15) is 25.8 Å². The van der Waals surface area contributed by atoms with Crippen LogP contribution >= 0.6 is 11.8 Å². The van der Waals surface area contributed by atoms with Gasteiger partial charge in [-0.1, -0.05) is 32.0 Å². The third-order valence-corrected chi connectivity index (χ3v) is 6.19. The van der Waals surface area contributed by atoms with Gasteiger partial charge in [0.2, 0.25) is 0 Å². The number of hydrogen-bond donors (Lipinski definition) is 1. The van der Waals surface area contributed by atoms with Gasteiger partial charge in [0.05, 0.1) is 7.11 Å². The maximum absolute atomic E-state index is 6.20. The van der Waals surface area contributed by atoms with Crippen molar-refractivity contribution in [3.63, 3.8) is 0 Å². The third-order valence-electron chi connectivity index (χ3n) is 4.46. The quantitative estimate of drug-likeness (QED) is 0.907. The van der Waals surface area contributed by atoms with Crippen LogP contribution in [0.2, 0.25) is 0 Å². The molecule has 3 nitrogen and oxygen atoms in total. The maximum Gasteiger partial charge on any atom is 0.123 e. The minimum Gasteiger partial charge on any atom is -0.496 e. The fraction of sp³-hybridized carbons (Fsp3) is 0.647. The molecule has 4 heteroatoms. The number of nitrogens with two attached hydrogens (primary N) is 1. The van der Waals surface area contributed by atoms with Crippen LogP contribution in [0, 0.1) is 5.41 Å². The van der Waals surface area contributed by atoms with Crippen LogP contribution in [-0.4, -0.2) is 42.6 Å². The van der Waals surface area contributed by atoms with E-state index in [0.29, 0.717) is 12.0 Å². The Kier molecular flexibility index (Phi) is 5.23. The minimum atomic E-state index is 0.0767. The Morgan fingerprint density at radius 3 is 2.62 bits per heavy atom. The molecular formula is C17H28N2OS. The summed E-state index contributed by atoms with van der Waals surface area (Å²) in [4.78, 5) is 2.43. The normalized spacial score (nSPS) is 25.0. The van der Waals surface area contributed by atoms with Crippen molar-refractivity contribution in [3.8, 4) is 5.75 Å². The molecule has 1 saturated heterocycles. The molecule has 1 aromatic rings. The molecule has 1 aromatic carbocycles. The van der Waals surface area contributed by atoms with Gasteiger partial charge in [0.25, 0.3) is 0 Å². The van der Waals surface area contributed by atoms with Gasteiger partial charge in [-0.2, -0.15) is 11.8 Å². The minimum absolute atomic E-state index is 0.0767. The average Bonchev–Trinajstić information content (AvgIpc) is 2.46. The topological polar surface area (TPSA) is 38.5 Å². The van der Waals surface area contributed by atoms with Gasteiger partial charge in [-0.15, -0.1) is 0 Å². The number of rotatable bonds is 5. The predicted octanol–water partition coefficient (Wildman–Crippen LogP) is 2.99. The molecule has 2 N–H and O–H groups in total. The van der Waals surface area contributed by atoms with E-state index in [1.165, 1.54) is 11.3 Å². The Morgan fingerprint density at radius 2 is 2.00 bits per heavy atom. The molecule has 1 atom stereocenters. The van der Waals surface area contributed by atoms with E-state index in [1.54, 1.807) is 7.11 Å². The summed E-state index contributed by atoms with van der Waals surface area (Å²) in [5.74, 6) is 3.29. The van der Waals surface area contributed by atoms with Gasteiger partial charge in [0, 0.05) is 29.9 Å². The summed E-state index contributed by atoms with van der Waals surface area (Å²) in [6, 6.07) is 8.25. The zero-order chi connectivity index (χ0) is 15.5. The van der Waals surface area contributed by atoms with Crippen LogP contribution < -0.4 is 10.5 Å². The van der Waals surface area contributed by atoms with Gasteiger partial charge >= 0.3 is 0 Å². The van der Waals surface area contributed by atoms with Crippen LogP contribution in [-0.2, 0) is 6.54 Å². The number of methoxy groups -OCH3 is 1. The van der Waals surface area contributed by atoms with E-state index in [-0.39, 0.29) is 5.54 Å². The second-order valence-electron chi connectivity index (χ2n) is 6.93. The van der Waals surface area contributed by atoms with E-state index in [4.69, 9.17) is 10.5 Å². The lowest BCUT2D eigenvalue weighted by molar-refractivity contribution is 0.0863. The molecule has 0 radical (unpaired) electrons. The van der Waals surface area contributed by atoms with Crippen molar-refractivity contribution in [2.24, 2.45) is 11.1 Å². The lowest BCUT2D eigenvalue weighted by atomic mass is 9.79. The van der Waals surface area contributed by atoms with E-state index in [9.17, 15) is 0 Å². The van der Waals surface area contributed by atoms with Crippen LogP contribution in [0.25, 0.3) is 0 Å². The van der Waals surface area contributed by atoms with Crippen LogP contribution in [0.5, 0.6) is 5.75 Å². The molecule has 0 aliphatic carbocycles. The number of benzene rings is 1. The van der Waals surface area contributed by atoms with E-state index in [0.717, 1.165) is 24.5 Å². The molecule has 0 saturated carbocycles. The fourth-order valence-corrected chi connectivity index (χ4v) is 4.88. The van der Waals surface area contributed by atoms with Gasteiger partial charge in [0.15, 0.2) is 0 Å². The Morgan fingerprint density at radius 1 is 1.29 bits per heavy atom. The Bertz CT molecular complexity index is 478.